The van der Waals surface area contributed by atoms with Crippen molar-refractivity contribution in [3.8, 4) is 0 Å². The first-order valence-electron chi connectivity index (χ1n) is 8.69. The van der Waals surface area contributed by atoms with Gasteiger partial charge in [-0.15, -0.1) is 0 Å². The molecule has 0 aromatic heterocycles. The van der Waals surface area contributed by atoms with Crippen LogP contribution in [-0.2, 0) is 0 Å². The fourth-order valence-electron chi connectivity index (χ4n) is 2.58. The number of hydrogen-bond donors (Lipinski definition) is 2. The van der Waals surface area contributed by atoms with E-state index in [-0.39, 0.29) is 11.8 Å². The molecule has 0 unspecified atom stereocenters. The second-order valence-electron chi connectivity index (χ2n) is 6.41. The summed E-state index contributed by atoms with van der Waals surface area (Å²) in [5.74, 6) is -0.532. The summed E-state index contributed by atoms with van der Waals surface area (Å²) in [4.78, 5) is 26.7. The topological polar surface area (TPSA) is 61.4 Å². The molecular formula is C22H20ClN3O2. The van der Waals surface area contributed by atoms with Gasteiger partial charge in [-0.3, -0.25) is 9.59 Å². The number of anilines is 3. The molecule has 3 aromatic rings. The van der Waals surface area contributed by atoms with Gasteiger partial charge in [0.2, 0.25) is 0 Å². The van der Waals surface area contributed by atoms with Gasteiger partial charge < -0.3 is 15.5 Å². The van der Waals surface area contributed by atoms with Crippen molar-refractivity contribution in [3.63, 3.8) is 0 Å². The molecule has 3 rings (SSSR count). The Hall–Kier alpha value is -3.31. The molecule has 28 heavy (non-hydrogen) atoms. The average Bonchev–Trinajstić information content (AvgIpc) is 2.70. The second kappa shape index (κ2) is 8.59. The Morgan fingerprint density at radius 2 is 1.29 bits per heavy atom. The maximum atomic E-state index is 12.4. The van der Waals surface area contributed by atoms with E-state index in [0.717, 1.165) is 5.69 Å². The lowest BCUT2D eigenvalue weighted by Gasteiger charge is -2.13. The number of amides is 2. The molecule has 0 aliphatic heterocycles. The highest BCUT2D eigenvalue weighted by atomic mass is 35.5. The normalized spacial score (nSPS) is 10.2. The van der Waals surface area contributed by atoms with E-state index in [1.807, 2.05) is 43.3 Å². The Bertz CT molecular complexity index is 983. The van der Waals surface area contributed by atoms with Crippen molar-refractivity contribution in [1.29, 1.82) is 0 Å². The standard InChI is InChI=1S/C22H20ClN3O2/c1-26(2)18-13-11-17(12-14-18)24-21(27)15-7-9-16(10-8-15)22(28)25-20-6-4-3-5-19(20)23/h3-14H,1-2H3,(H,24,27)(H,25,28). The third kappa shape index (κ3) is 4.69. The van der Waals surface area contributed by atoms with E-state index in [1.165, 1.54) is 0 Å². The first-order valence-corrected chi connectivity index (χ1v) is 9.06. The Morgan fingerprint density at radius 1 is 0.750 bits per heavy atom. The molecule has 2 amide bonds. The van der Waals surface area contributed by atoms with Gasteiger partial charge in [0, 0.05) is 36.6 Å². The number of para-hydroxylation sites is 1. The second-order valence-corrected chi connectivity index (χ2v) is 6.81. The zero-order valence-electron chi connectivity index (χ0n) is 15.6. The number of rotatable bonds is 5. The van der Waals surface area contributed by atoms with Gasteiger partial charge in [-0.1, -0.05) is 23.7 Å². The predicted molar refractivity (Wildman–Crippen MR) is 115 cm³/mol. The lowest BCUT2D eigenvalue weighted by molar-refractivity contribution is 0.101. The molecule has 6 heteroatoms. The van der Waals surface area contributed by atoms with Crippen molar-refractivity contribution in [2.45, 2.75) is 0 Å². The van der Waals surface area contributed by atoms with Crippen molar-refractivity contribution in [1.82, 2.24) is 0 Å². The fraction of sp³-hybridized carbons (Fsp3) is 0.0909. The fourth-order valence-corrected chi connectivity index (χ4v) is 2.76. The monoisotopic (exact) mass is 393 g/mol. The van der Waals surface area contributed by atoms with Gasteiger partial charge >= 0.3 is 0 Å². The van der Waals surface area contributed by atoms with Crippen molar-refractivity contribution < 1.29 is 9.59 Å². The van der Waals surface area contributed by atoms with Crippen LogP contribution < -0.4 is 15.5 Å². The lowest BCUT2D eigenvalue weighted by Crippen LogP contribution is -2.14. The number of nitrogens with zero attached hydrogens (tertiary/aromatic N) is 1. The summed E-state index contributed by atoms with van der Waals surface area (Å²) in [6.45, 7) is 0. The minimum atomic E-state index is -0.292. The SMILES string of the molecule is CN(C)c1ccc(NC(=O)c2ccc(C(=O)Nc3ccccc3Cl)cc2)cc1. The van der Waals surface area contributed by atoms with Crippen molar-refractivity contribution in [2.24, 2.45) is 0 Å². The first kappa shape index (κ1) is 19.5. The van der Waals surface area contributed by atoms with Crippen LogP contribution in [0.3, 0.4) is 0 Å². The van der Waals surface area contributed by atoms with Crippen LogP contribution in [0.15, 0.2) is 72.8 Å². The molecule has 0 aliphatic carbocycles. The summed E-state index contributed by atoms with van der Waals surface area (Å²) in [7, 11) is 3.91. The predicted octanol–water partition coefficient (Wildman–Crippen LogP) is 4.91. The van der Waals surface area contributed by atoms with Gasteiger partial charge in [-0.25, -0.2) is 0 Å². The van der Waals surface area contributed by atoms with Crippen LogP contribution in [-0.4, -0.2) is 25.9 Å². The van der Waals surface area contributed by atoms with Crippen LogP contribution in [0.2, 0.25) is 5.02 Å². The Labute approximate surface area is 168 Å². The molecule has 0 radical (unpaired) electrons. The molecule has 142 valence electrons. The largest absolute Gasteiger partial charge is 0.378 e. The van der Waals surface area contributed by atoms with E-state index < -0.39 is 0 Å². The molecular weight excluding hydrogens is 374 g/mol. The molecule has 0 fully saturated rings. The minimum Gasteiger partial charge on any atom is -0.378 e. The highest BCUT2D eigenvalue weighted by Gasteiger charge is 2.11. The summed E-state index contributed by atoms with van der Waals surface area (Å²) in [6, 6.07) is 21.0. The zero-order valence-corrected chi connectivity index (χ0v) is 16.3. The Kier molecular flexibility index (Phi) is 5.96. The molecule has 0 saturated heterocycles. The van der Waals surface area contributed by atoms with Gasteiger partial charge in [0.1, 0.15) is 0 Å². The van der Waals surface area contributed by atoms with E-state index in [4.69, 9.17) is 11.6 Å². The van der Waals surface area contributed by atoms with Gasteiger partial charge in [-0.2, -0.15) is 0 Å². The highest BCUT2D eigenvalue weighted by molar-refractivity contribution is 6.33. The molecule has 0 saturated carbocycles. The molecule has 0 bridgehead atoms. The first-order chi connectivity index (χ1) is 13.4. The number of nitrogens with one attached hydrogen (secondary N) is 2. The Balaban J connectivity index is 1.65. The molecule has 0 aliphatic rings. The van der Waals surface area contributed by atoms with E-state index in [0.29, 0.717) is 27.5 Å². The van der Waals surface area contributed by atoms with Crippen molar-refractivity contribution in [3.05, 3.63) is 88.9 Å². The average molecular weight is 394 g/mol. The van der Waals surface area contributed by atoms with Gasteiger partial charge in [0.15, 0.2) is 0 Å². The van der Waals surface area contributed by atoms with Gasteiger partial charge in [-0.05, 0) is 60.7 Å². The quantitative estimate of drug-likeness (QED) is 0.647. The summed E-state index contributed by atoms with van der Waals surface area (Å²) >= 11 is 6.06. The molecule has 0 heterocycles. The Morgan fingerprint density at radius 3 is 1.82 bits per heavy atom. The van der Waals surface area contributed by atoms with Crippen LogP contribution in [0.4, 0.5) is 17.1 Å². The third-order valence-corrected chi connectivity index (χ3v) is 4.50. The van der Waals surface area contributed by atoms with Crippen LogP contribution in [0.5, 0.6) is 0 Å². The van der Waals surface area contributed by atoms with Gasteiger partial charge in [0.25, 0.3) is 11.8 Å². The van der Waals surface area contributed by atoms with Crippen LogP contribution >= 0.6 is 11.6 Å². The molecule has 5 nitrogen and oxygen atoms in total. The summed E-state index contributed by atoms with van der Waals surface area (Å²) in [6.07, 6.45) is 0. The summed E-state index contributed by atoms with van der Waals surface area (Å²) in [5.41, 5.74) is 3.19. The minimum absolute atomic E-state index is 0.240. The maximum Gasteiger partial charge on any atom is 0.255 e. The van der Waals surface area contributed by atoms with Crippen LogP contribution in [0, 0.1) is 0 Å². The summed E-state index contributed by atoms with van der Waals surface area (Å²) < 4.78 is 0. The third-order valence-electron chi connectivity index (χ3n) is 4.17. The number of carbonyl (C=O) groups excluding carboxylic acids is 2. The van der Waals surface area contributed by atoms with E-state index in [9.17, 15) is 9.59 Å². The molecule has 3 aromatic carbocycles. The highest BCUT2D eigenvalue weighted by Crippen LogP contribution is 2.21. The maximum absolute atomic E-state index is 12.4. The number of hydrogen-bond acceptors (Lipinski definition) is 3. The molecule has 2 N–H and O–H groups in total. The van der Waals surface area contributed by atoms with Gasteiger partial charge in [0.05, 0.1) is 10.7 Å². The van der Waals surface area contributed by atoms with Crippen LogP contribution in [0.1, 0.15) is 20.7 Å². The lowest BCUT2D eigenvalue weighted by atomic mass is 10.1. The van der Waals surface area contributed by atoms with Crippen molar-refractivity contribution >= 4 is 40.5 Å². The number of halogens is 1. The van der Waals surface area contributed by atoms with Crippen LogP contribution in [0.25, 0.3) is 0 Å². The van der Waals surface area contributed by atoms with E-state index in [1.54, 1.807) is 48.5 Å². The van der Waals surface area contributed by atoms with E-state index >= 15 is 0 Å². The molecule has 0 spiro atoms. The molecule has 0 atom stereocenters. The van der Waals surface area contributed by atoms with Crippen molar-refractivity contribution in [2.75, 3.05) is 29.6 Å². The summed E-state index contributed by atoms with van der Waals surface area (Å²) in [5, 5.41) is 6.06. The van der Waals surface area contributed by atoms with E-state index in [2.05, 4.69) is 10.6 Å². The smallest absolute Gasteiger partial charge is 0.255 e. The number of benzene rings is 3. The number of carbonyl (C=O) groups is 2. The zero-order chi connectivity index (χ0) is 20.1.